The molecule has 0 radical (unpaired) electrons. The highest BCUT2D eigenvalue weighted by Crippen LogP contribution is 2.39. The quantitative estimate of drug-likeness (QED) is 0.552. The van der Waals surface area contributed by atoms with Crippen LogP contribution in [0.5, 0.6) is 5.75 Å². The predicted octanol–water partition coefficient (Wildman–Crippen LogP) is 6.97. The molecule has 2 heterocycles. The van der Waals surface area contributed by atoms with Crippen molar-refractivity contribution in [2.75, 3.05) is 0 Å². The number of benzene rings is 2. The summed E-state index contributed by atoms with van der Waals surface area (Å²) in [5, 5.41) is 3.14. The summed E-state index contributed by atoms with van der Waals surface area (Å²) in [4.78, 5) is 2.75. The fourth-order valence-corrected chi connectivity index (χ4v) is 5.99. The first-order chi connectivity index (χ1) is 13.7. The number of hydrogen-bond donors (Lipinski definition) is 0. The largest absolute Gasteiger partial charge is 0.489 e. The van der Waals surface area contributed by atoms with Crippen LogP contribution in [0.25, 0.3) is 10.8 Å². The van der Waals surface area contributed by atoms with Crippen molar-refractivity contribution in [2.24, 2.45) is 5.92 Å². The molecular formula is C25H32ClNO. The van der Waals surface area contributed by atoms with E-state index in [1.807, 2.05) is 0 Å². The van der Waals surface area contributed by atoms with Crippen molar-refractivity contribution >= 4 is 22.4 Å². The molecule has 2 saturated heterocycles. The second-order valence-electron chi connectivity index (χ2n) is 9.42. The van der Waals surface area contributed by atoms with Gasteiger partial charge < -0.3 is 4.74 Å². The minimum Gasteiger partial charge on any atom is -0.489 e. The molecule has 2 unspecified atom stereocenters. The van der Waals surface area contributed by atoms with Crippen LogP contribution in [-0.4, -0.2) is 23.1 Å². The fourth-order valence-electron chi connectivity index (χ4n) is 5.72. The highest BCUT2D eigenvalue weighted by Gasteiger charge is 2.36. The molecule has 3 heteroatoms. The van der Waals surface area contributed by atoms with E-state index in [0.29, 0.717) is 6.10 Å². The van der Waals surface area contributed by atoms with E-state index in [-0.39, 0.29) is 0 Å². The summed E-state index contributed by atoms with van der Waals surface area (Å²) in [6.45, 7) is 3.41. The summed E-state index contributed by atoms with van der Waals surface area (Å²) in [5.74, 6) is 1.70. The Bertz CT molecular complexity index is 826. The molecule has 0 spiro atoms. The normalized spacial score (nSPS) is 30.6. The van der Waals surface area contributed by atoms with Crippen molar-refractivity contribution < 1.29 is 4.74 Å². The van der Waals surface area contributed by atoms with Gasteiger partial charge in [-0.2, -0.15) is 0 Å². The van der Waals surface area contributed by atoms with Crippen LogP contribution in [0.2, 0.25) is 5.02 Å². The molecule has 2 nitrogen and oxygen atoms in total. The van der Waals surface area contributed by atoms with Crippen LogP contribution >= 0.6 is 11.6 Å². The van der Waals surface area contributed by atoms with E-state index in [9.17, 15) is 0 Å². The number of nitrogens with zero attached hydrogens (tertiary/aromatic N) is 1. The molecule has 2 aliphatic heterocycles. The van der Waals surface area contributed by atoms with Gasteiger partial charge in [0.05, 0.1) is 11.1 Å². The van der Waals surface area contributed by atoms with Crippen LogP contribution in [-0.2, 0) is 6.54 Å². The third-order valence-corrected chi connectivity index (χ3v) is 7.84. The first-order valence-electron chi connectivity index (χ1n) is 11.3. The zero-order valence-electron chi connectivity index (χ0n) is 17.0. The molecule has 150 valence electrons. The lowest BCUT2D eigenvalue weighted by Crippen LogP contribution is -2.38. The molecule has 3 aliphatic rings. The third-order valence-electron chi connectivity index (χ3n) is 7.45. The third kappa shape index (κ3) is 3.66. The van der Waals surface area contributed by atoms with Crippen LogP contribution in [0.3, 0.4) is 0 Å². The van der Waals surface area contributed by atoms with Gasteiger partial charge >= 0.3 is 0 Å². The van der Waals surface area contributed by atoms with E-state index >= 15 is 0 Å². The van der Waals surface area contributed by atoms with Crippen molar-refractivity contribution in [1.29, 1.82) is 0 Å². The van der Waals surface area contributed by atoms with Gasteiger partial charge in [-0.1, -0.05) is 43.1 Å². The number of rotatable bonds is 4. The molecule has 28 heavy (non-hydrogen) atoms. The second kappa shape index (κ2) is 7.88. The first kappa shape index (κ1) is 18.8. The summed E-state index contributed by atoms with van der Waals surface area (Å²) in [5.41, 5.74) is 1.39. The van der Waals surface area contributed by atoms with E-state index in [2.05, 4.69) is 42.2 Å². The highest BCUT2D eigenvalue weighted by atomic mass is 35.5. The van der Waals surface area contributed by atoms with Gasteiger partial charge in [0.15, 0.2) is 0 Å². The monoisotopic (exact) mass is 397 g/mol. The Morgan fingerprint density at radius 2 is 1.64 bits per heavy atom. The summed E-state index contributed by atoms with van der Waals surface area (Å²) in [7, 11) is 0. The van der Waals surface area contributed by atoms with E-state index in [1.54, 1.807) is 0 Å². The van der Waals surface area contributed by atoms with Gasteiger partial charge in [0.25, 0.3) is 0 Å². The Balaban J connectivity index is 1.37. The molecule has 2 aromatic rings. The van der Waals surface area contributed by atoms with Gasteiger partial charge in [-0.3, -0.25) is 4.90 Å². The second-order valence-corrected chi connectivity index (χ2v) is 9.80. The molecule has 0 N–H and O–H groups in total. The average Bonchev–Trinajstić information content (AvgIpc) is 2.92. The smallest absolute Gasteiger partial charge is 0.138 e. The van der Waals surface area contributed by atoms with E-state index < -0.39 is 0 Å². The van der Waals surface area contributed by atoms with Gasteiger partial charge in [0, 0.05) is 24.0 Å². The van der Waals surface area contributed by atoms with Gasteiger partial charge in [0.1, 0.15) is 5.75 Å². The molecule has 0 aromatic heterocycles. The van der Waals surface area contributed by atoms with E-state index in [4.69, 9.17) is 16.3 Å². The van der Waals surface area contributed by atoms with Crippen molar-refractivity contribution in [2.45, 2.75) is 89.4 Å². The lowest BCUT2D eigenvalue weighted by molar-refractivity contribution is 0.132. The molecule has 2 atom stereocenters. The molecule has 1 saturated carbocycles. The molecule has 1 aliphatic carbocycles. The maximum Gasteiger partial charge on any atom is 0.138 e. The summed E-state index contributed by atoms with van der Waals surface area (Å²) < 4.78 is 6.33. The van der Waals surface area contributed by atoms with Crippen molar-refractivity contribution in [3.05, 3.63) is 40.9 Å². The molecule has 3 fully saturated rings. The Morgan fingerprint density at radius 1 is 0.929 bits per heavy atom. The number of hydrogen-bond acceptors (Lipinski definition) is 2. The molecule has 2 aromatic carbocycles. The summed E-state index contributed by atoms with van der Waals surface area (Å²) in [6.07, 6.45) is 12.1. The van der Waals surface area contributed by atoms with Crippen molar-refractivity contribution in [1.82, 2.24) is 4.90 Å². The van der Waals surface area contributed by atoms with Crippen LogP contribution < -0.4 is 4.74 Å². The standard InChI is InChI=1S/C25H32ClNO/c1-17-5-12-22(13-6-17)28-24-14-9-19-8-7-18(15-23(19)25(24)26)16-27-20-3-2-4-21(27)11-10-20/h7-9,14-15,17,20-22H,2-6,10-13,16H2,1H3. The minimum atomic E-state index is 0.318. The average molecular weight is 398 g/mol. The van der Waals surface area contributed by atoms with E-state index in [0.717, 1.165) is 53.5 Å². The van der Waals surface area contributed by atoms with Crippen LogP contribution in [0.1, 0.15) is 70.3 Å². The van der Waals surface area contributed by atoms with Crippen molar-refractivity contribution in [3.8, 4) is 5.75 Å². The van der Waals surface area contributed by atoms with E-state index in [1.165, 1.54) is 55.9 Å². The Kier molecular flexibility index (Phi) is 5.28. The maximum absolute atomic E-state index is 6.84. The van der Waals surface area contributed by atoms with Gasteiger partial charge in [-0.05, 0) is 80.4 Å². The number of piperidine rings is 1. The zero-order chi connectivity index (χ0) is 19.1. The van der Waals surface area contributed by atoms with Crippen LogP contribution in [0.4, 0.5) is 0 Å². The number of fused-ring (bicyclic) bond motifs is 3. The summed E-state index contributed by atoms with van der Waals surface area (Å²) in [6, 6.07) is 12.6. The Morgan fingerprint density at radius 3 is 2.39 bits per heavy atom. The summed E-state index contributed by atoms with van der Waals surface area (Å²) >= 11 is 6.84. The Hall–Kier alpha value is -1.25. The van der Waals surface area contributed by atoms with Gasteiger partial charge in [-0.15, -0.1) is 0 Å². The molecule has 2 bridgehead atoms. The topological polar surface area (TPSA) is 12.5 Å². The highest BCUT2D eigenvalue weighted by molar-refractivity contribution is 6.37. The van der Waals surface area contributed by atoms with Crippen LogP contribution in [0.15, 0.2) is 30.3 Å². The lowest BCUT2D eigenvalue weighted by atomic mass is 9.89. The minimum absolute atomic E-state index is 0.318. The molecule has 5 rings (SSSR count). The lowest BCUT2D eigenvalue weighted by Gasteiger charge is -2.34. The predicted molar refractivity (Wildman–Crippen MR) is 117 cm³/mol. The maximum atomic E-state index is 6.84. The van der Waals surface area contributed by atoms with Gasteiger partial charge in [-0.25, -0.2) is 0 Å². The zero-order valence-corrected chi connectivity index (χ0v) is 17.8. The number of halogens is 1. The first-order valence-corrected chi connectivity index (χ1v) is 11.7. The SMILES string of the molecule is CC1CCC(Oc2ccc3ccc(CN4C5CCCC4CC5)cc3c2Cl)CC1. The van der Waals surface area contributed by atoms with Crippen molar-refractivity contribution in [3.63, 3.8) is 0 Å². The molecular weight excluding hydrogens is 366 g/mol. The number of ether oxygens (including phenoxy) is 1. The fraction of sp³-hybridized carbons (Fsp3) is 0.600. The van der Waals surface area contributed by atoms with Crippen LogP contribution in [0, 0.1) is 5.92 Å². The van der Waals surface area contributed by atoms with Gasteiger partial charge in [0.2, 0.25) is 0 Å². The Labute approximate surface area is 174 Å². The molecule has 0 amide bonds.